The summed E-state index contributed by atoms with van der Waals surface area (Å²) in [5.41, 5.74) is -0.717. The smallest absolute Gasteiger partial charge is 0.315 e. The van der Waals surface area contributed by atoms with Gasteiger partial charge in [-0.1, -0.05) is 0 Å². The normalized spacial score (nSPS) is 15.4. The van der Waals surface area contributed by atoms with Gasteiger partial charge in [-0.25, -0.2) is 0 Å². The first kappa shape index (κ1) is 10.7. The summed E-state index contributed by atoms with van der Waals surface area (Å²) in [4.78, 5) is 28.3. The number of aromatic nitrogens is 2. The van der Waals surface area contributed by atoms with Gasteiger partial charge in [-0.05, 0) is 13.8 Å². The van der Waals surface area contributed by atoms with E-state index in [1.165, 1.54) is 10.9 Å². The molecular weight excluding hydrogens is 210 g/mol. The van der Waals surface area contributed by atoms with Crippen LogP contribution in [-0.2, 0) is 6.54 Å². The lowest BCUT2D eigenvalue weighted by molar-refractivity contribution is 0.0640. The number of rotatable bonds is 1. The van der Waals surface area contributed by atoms with Crippen LogP contribution in [0.2, 0.25) is 0 Å². The first-order valence-corrected chi connectivity index (χ1v) is 5.11. The molecule has 1 aliphatic rings. The van der Waals surface area contributed by atoms with Crippen LogP contribution in [-0.4, -0.2) is 38.1 Å². The Morgan fingerprint density at radius 3 is 2.69 bits per heavy atom. The van der Waals surface area contributed by atoms with E-state index in [9.17, 15) is 14.7 Å². The topological polar surface area (TPSA) is 75.4 Å². The summed E-state index contributed by atoms with van der Waals surface area (Å²) in [6.45, 7) is 4.89. The van der Waals surface area contributed by atoms with Crippen molar-refractivity contribution in [3.8, 4) is 5.75 Å². The van der Waals surface area contributed by atoms with E-state index in [0.717, 1.165) is 0 Å². The Balaban J connectivity index is 2.55. The highest BCUT2D eigenvalue weighted by Crippen LogP contribution is 2.19. The van der Waals surface area contributed by atoms with E-state index in [4.69, 9.17) is 0 Å². The van der Waals surface area contributed by atoms with E-state index in [2.05, 4.69) is 4.98 Å². The minimum absolute atomic E-state index is 0.0416. The zero-order chi connectivity index (χ0) is 11.9. The lowest BCUT2D eigenvalue weighted by atomic mass is 10.2. The second-order valence-electron chi connectivity index (χ2n) is 4.03. The molecule has 1 N–H and O–H groups in total. The number of amides is 1. The molecule has 16 heavy (non-hydrogen) atoms. The van der Waals surface area contributed by atoms with Crippen molar-refractivity contribution < 1.29 is 9.90 Å². The highest BCUT2D eigenvalue weighted by atomic mass is 16.3. The first-order valence-electron chi connectivity index (χ1n) is 5.11. The van der Waals surface area contributed by atoms with E-state index in [1.807, 2.05) is 13.8 Å². The summed E-state index contributed by atoms with van der Waals surface area (Å²) in [6, 6.07) is 0.0453. The van der Waals surface area contributed by atoms with Crippen LogP contribution in [0.5, 0.6) is 5.75 Å². The maximum atomic E-state index is 12.0. The second-order valence-corrected chi connectivity index (χ2v) is 4.03. The van der Waals surface area contributed by atoms with E-state index in [1.54, 1.807) is 4.90 Å². The van der Waals surface area contributed by atoms with Gasteiger partial charge in [0.15, 0.2) is 5.69 Å². The molecule has 0 saturated carbocycles. The van der Waals surface area contributed by atoms with Crippen LogP contribution < -0.4 is 5.56 Å². The van der Waals surface area contributed by atoms with Gasteiger partial charge < -0.3 is 14.6 Å². The third kappa shape index (κ3) is 1.46. The molecule has 6 heteroatoms. The minimum Gasteiger partial charge on any atom is -0.501 e. The van der Waals surface area contributed by atoms with Crippen LogP contribution in [0.25, 0.3) is 0 Å². The molecule has 0 aromatic carbocycles. The Kier molecular flexibility index (Phi) is 2.41. The first-order chi connectivity index (χ1) is 7.52. The number of carbonyl (C=O) groups is 1. The van der Waals surface area contributed by atoms with Gasteiger partial charge in [0, 0.05) is 19.1 Å². The molecular formula is C10H13N3O3. The van der Waals surface area contributed by atoms with Crippen molar-refractivity contribution >= 4 is 5.91 Å². The number of aromatic hydroxyl groups is 1. The van der Waals surface area contributed by atoms with E-state index in [-0.39, 0.29) is 17.6 Å². The summed E-state index contributed by atoms with van der Waals surface area (Å²) in [6.07, 6.45) is 1.30. The van der Waals surface area contributed by atoms with Gasteiger partial charge in [0.2, 0.25) is 5.75 Å². The average molecular weight is 223 g/mol. The van der Waals surface area contributed by atoms with Crippen LogP contribution in [0.1, 0.15) is 24.3 Å². The van der Waals surface area contributed by atoms with Crippen molar-refractivity contribution in [3.05, 3.63) is 22.4 Å². The van der Waals surface area contributed by atoms with Gasteiger partial charge in [-0.2, -0.15) is 4.98 Å². The monoisotopic (exact) mass is 223 g/mol. The SMILES string of the molecule is CC(C)N1CCn2cnc(=O)c(O)c2C1=O. The molecule has 1 aliphatic heterocycles. The van der Waals surface area contributed by atoms with Gasteiger partial charge in [-0.3, -0.25) is 9.59 Å². The maximum absolute atomic E-state index is 12.0. The van der Waals surface area contributed by atoms with Gasteiger partial charge in [0.25, 0.3) is 5.91 Å². The molecule has 0 spiro atoms. The van der Waals surface area contributed by atoms with Crippen LogP contribution >= 0.6 is 0 Å². The highest BCUT2D eigenvalue weighted by molar-refractivity contribution is 5.95. The largest absolute Gasteiger partial charge is 0.501 e. The second kappa shape index (κ2) is 3.62. The van der Waals surface area contributed by atoms with Gasteiger partial charge in [0.05, 0.1) is 6.33 Å². The standard InChI is InChI=1S/C10H13N3O3/c1-6(2)13-4-3-12-5-11-9(15)8(14)7(12)10(13)16/h5-6,14H,3-4H2,1-2H3. The molecule has 0 atom stereocenters. The zero-order valence-electron chi connectivity index (χ0n) is 9.17. The van der Waals surface area contributed by atoms with E-state index < -0.39 is 11.3 Å². The predicted octanol–water partition coefficient (Wildman–Crippen LogP) is -0.187. The minimum atomic E-state index is -0.759. The van der Waals surface area contributed by atoms with Crippen molar-refractivity contribution in [2.45, 2.75) is 26.4 Å². The molecule has 0 fully saturated rings. The summed E-state index contributed by atoms with van der Waals surface area (Å²) in [7, 11) is 0. The molecule has 0 unspecified atom stereocenters. The van der Waals surface area contributed by atoms with Crippen LogP contribution in [0.4, 0.5) is 0 Å². The molecule has 6 nitrogen and oxygen atoms in total. The fraction of sp³-hybridized carbons (Fsp3) is 0.500. The summed E-state index contributed by atoms with van der Waals surface area (Å²) in [5, 5.41) is 9.57. The Morgan fingerprint density at radius 1 is 1.38 bits per heavy atom. The molecule has 1 amide bonds. The lowest BCUT2D eigenvalue weighted by Gasteiger charge is -2.32. The van der Waals surface area contributed by atoms with Gasteiger partial charge >= 0.3 is 5.56 Å². The Hall–Kier alpha value is -1.85. The molecule has 2 heterocycles. The number of hydrogen-bond donors (Lipinski definition) is 1. The molecule has 0 bridgehead atoms. The molecule has 0 radical (unpaired) electrons. The third-order valence-electron chi connectivity index (χ3n) is 2.70. The molecule has 1 aromatic rings. The molecule has 0 saturated heterocycles. The zero-order valence-corrected chi connectivity index (χ0v) is 9.17. The molecule has 0 aliphatic carbocycles. The highest BCUT2D eigenvalue weighted by Gasteiger charge is 2.29. The van der Waals surface area contributed by atoms with Crippen molar-refractivity contribution in [2.24, 2.45) is 0 Å². The summed E-state index contributed by atoms with van der Waals surface area (Å²) < 4.78 is 1.51. The third-order valence-corrected chi connectivity index (χ3v) is 2.70. The van der Waals surface area contributed by atoms with Gasteiger partial charge in [-0.15, -0.1) is 0 Å². The Bertz CT molecular complexity index is 493. The summed E-state index contributed by atoms with van der Waals surface area (Å²) in [5.74, 6) is -0.879. The van der Waals surface area contributed by atoms with E-state index in [0.29, 0.717) is 13.1 Å². The number of nitrogens with zero attached hydrogens (tertiary/aromatic N) is 3. The molecule has 86 valence electrons. The number of fused-ring (bicyclic) bond motifs is 1. The Labute approximate surface area is 92.1 Å². The van der Waals surface area contributed by atoms with Crippen LogP contribution in [0.3, 0.4) is 0 Å². The average Bonchev–Trinajstić information content (AvgIpc) is 2.23. The van der Waals surface area contributed by atoms with Gasteiger partial charge in [0.1, 0.15) is 0 Å². The van der Waals surface area contributed by atoms with Crippen LogP contribution in [0.15, 0.2) is 11.1 Å². The fourth-order valence-corrected chi connectivity index (χ4v) is 1.82. The predicted molar refractivity (Wildman–Crippen MR) is 56.3 cm³/mol. The van der Waals surface area contributed by atoms with Crippen molar-refractivity contribution in [1.29, 1.82) is 0 Å². The van der Waals surface area contributed by atoms with E-state index >= 15 is 0 Å². The maximum Gasteiger partial charge on any atom is 0.315 e. The summed E-state index contributed by atoms with van der Waals surface area (Å²) >= 11 is 0. The fourth-order valence-electron chi connectivity index (χ4n) is 1.82. The lowest BCUT2D eigenvalue weighted by Crippen LogP contribution is -2.45. The van der Waals surface area contributed by atoms with Crippen LogP contribution in [0, 0.1) is 0 Å². The Morgan fingerprint density at radius 2 is 2.06 bits per heavy atom. The van der Waals surface area contributed by atoms with Crippen molar-refractivity contribution in [2.75, 3.05) is 6.54 Å². The quantitative estimate of drug-likeness (QED) is 0.716. The molecule has 2 rings (SSSR count). The number of hydrogen-bond acceptors (Lipinski definition) is 4. The number of carbonyl (C=O) groups excluding carboxylic acids is 1. The van der Waals surface area contributed by atoms with Crippen molar-refractivity contribution in [3.63, 3.8) is 0 Å². The van der Waals surface area contributed by atoms with Crippen molar-refractivity contribution in [1.82, 2.24) is 14.5 Å². The molecule has 1 aromatic heterocycles.